The van der Waals surface area contributed by atoms with E-state index in [1.807, 2.05) is 11.0 Å². The summed E-state index contributed by atoms with van der Waals surface area (Å²) < 4.78 is 11.6. The Morgan fingerprint density at radius 2 is 2.10 bits per heavy atom. The highest BCUT2D eigenvalue weighted by Crippen LogP contribution is 2.31. The number of rotatable bonds is 2. The fraction of sp³-hybridized carbons (Fsp3) is 0.385. The van der Waals surface area contributed by atoms with Crippen molar-refractivity contribution in [1.29, 1.82) is 5.26 Å². The summed E-state index contributed by atoms with van der Waals surface area (Å²) in [7, 11) is 0. The van der Waals surface area contributed by atoms with Crippen LogP contribution < -0.4 is 4.90 Å². The number of hydrogen-bond donors (Lipinski definition) is 1. The van der Waals surface area contributed by atoms with Crippen molar-refractivity contribution in [1.82, 2.24) is 4.98 Å². The summed E-state index contributed by atoms with van der Waals surface area (Å²) in [5.41, 5.74) is 0.240. The monoisotopic (exact) mass is 337 g/mol. The lowest BCUT2D eigenvalue weighted by Crippen LogP contribution is -2.35. The van der Waals surface area contributed by atoms with Crippen LogP contribution in [-0.2, 0) is 0 Å². The SMILES string of the molecule is N#Cc1nc(-c2ccc(Br)o2)oc1N1CCC(O)CC1. The van der Waals surface area contributed by atoms with Crippen LogP contribution in [0, 0.1) is 11.3 Å². The molecule has 6 nitrogen and oxygen atoms in total. The van der Waals surface area contributed by atoms with Crippen molar-refractivity contribution in [3.05, 3.63) is 22.5 Å². The first-order valence-electron chi connectivity index (χ1n) is 6.27. The molecule has 0 bridgehead atoms. The van der Waals surface area contributed by atoms with Crippen LogP contribution >= 0.6 is 15.9 Å². The highest BCUT2D eigenvalue weighted by Gasteiger charge is 2.25. The number of oxazole rings is 1. The molecule has 0 aliphatic carbocycles. The van der Waals surface area contributed by atoms with Crippen molar-refractivity contribution in [3.8, 4) is 17.7 Å². The molecule has 0 aromatic carbocycles. The lowest BCUT2D eigenvalue weighted by Gasteiger charge is -2.28. The van der Waals surface area contributed by atoms with Crippen molar-refractivity contribution in [2.24, 2.45) is 0 Å². The van der Waals surface area contributed by atoms with E-state index in [9.17, 15) is 10.4 Å². The van der Waals surface area contributed by atoms with E-state index in [1.165, 1.54) is 0 Å². The molecule has 0 atom stereocenters. The third kappa shape index (κ3) is 2.44. The van der Waals surface area contributed by atoms with E-state index in [1.54, 1.807) is 12.1 Å². The molecule has 2 aromatic rings. The Morgan fingerprint density at radius 1 is 1.35 bits per heavy atom. The molecule has 0 unspecified atom stereocenters. The van der Waals surface area contributed by atoms with Crippen molar-refractivity contribution >= 4 is 21.8 Å². The van der Waals surface area contributed by atoms with Gasteiger partial charge in [0.15, 0.2) is 10.4 Å². The van der Waals surface area contributed by atoms with E-state index in [0.29, 0.717) is 42.2 Å². The van der Waals surface area contributed by atoms with Gasteiger partial charge >= 0.3 is 0 Å². The van der Waals surface area contributed by atoms with E-state index >= 15 is 0 Å². The summed E-state index contributed by atoms with van der Waals surface area (Å²) in [6, 6.07) is 5.50. The lowest BCUT2D eigenvalue weighted by atomic mass is 10.1. The minimum atomic E-state index is -0.278. The van der Waals surface area contributed by atoms with Crippen LogP contribution in [0.5, 0.6) is 0 Å². The molecule has 0 saturated carbocycles. The second-order valence-electron chi connectivity index (χ2n) is 4.61. The number of aromatic nitrogens is 1. The number of anilines is 1. The van der Waals surface area contributed by atoms with Crippen LogP contribution in [0.3, 0.4) is 0 Å². The molecule has 2 aromatic heterocycles. The highest BCUT2D eigenvalue weighted by molar-refractivity contribution is 9.10. The molecule has 7 heteroatoms. The molecular formula is C13H12BrN3O3. The highest BCUT2D eigenvalue weighted by atomic mass is 79.9. The second kappa shape index (κ2) is 5.31. The Morgan fingerprint density at radius 3 is 2.70 bits per heavy atom. The fourth-order valence-electron chi connectivity index (χ4n) is 2.20. The molecule has 104 valence electrons. The van der Waals surface area contributed by atoms with Crippen LogP contribution in [-0.4, -0.2) is 29.3 Å². The molecule has 1 aliphatic rings. The molecule has 3 heterocycles. The van der Waals surface area contributed by atoms with Crippen LogP contribution in [0.25, 0.3) is 11.7 Å². The van der Waals surface area contributed by atoms with Gasteiger partial charge in [0.25, 0.3) is 5.89 Å². The fourth-order valence-corrected chi connectivity index (χ4v) is 2.51. The van der Waals surface area contributed by atoms with Gasteiger partial charge in [0, 0.05) is 13.1 Å². The second-order valence-corrected chi connectivity index (χ2v) is 5.39. The van der Waals surface area contributed by atoms with Crippen molar-refractivity contribution in [3.63, 3.8) is 0 Å². The first-order valence-corrected chi connectivity index (χ1v) is 7.06. The maximum Gasteiger partial charge on any atom is 0.266 e. The summed E-state index contributed by atoms with van der Waals surface area (Å²) in [5, 5.41) is 18.7. The minimum Gasteiger partial charge on any atom is -0.444 e. The maximum absolute atomic E-state index is 9.53. The van der Waals surface area contributed by atoms with Crippen LogP contribution in [0.2, 0.25) is 0 Å². The molecule has 1 saturated heterocycles. The first kappa shape index (κ1) is 13.2. The van der Waals surface area contributed by atoms with Crippen molar-refractivity contribution < 1.29 is 13.9 Å². The first-order chi connectivity index (χ1) is 9.67. The van der Waals surface area contributed by atoms with E-state index in [2.05, 4.69) is 20.9 Å². The summed E-state index contributed by atoms with van der Waals surface area (Å²) in [6.45, 7) is 1.29. The van der Waals surface area contributed by atoms with Crippen LogP contribution in [0.1, 0.15) is 18.5 Å². The number of piperidine rings is 1. The smallest absolute Gasteiger partial charge is 0.266 e. The normalized spacial score (nSPS) is 16.4. The number of furan rings is 1. The molecule has 0 spiro atoms. The molecule has 1 N–H and O–H groups in total. The topological polar surface area (TPSA) is 86.4 Å². The minimum absolute atomic E-state index is 0.240. The molecule has 3 rings (SSSR count). The molecule has 20 heavy (non-hydrogen) atoms. The van der Waals surface area contributed by atoms with Gasteiger partial charge in [-0.3, -0.25) is 0 Å². The number of halogens is 1. The predicted molar refractivity (Wildman–Crippen MR) is 74.1 cm³/mol. The van der Waals surface area contributed by atoms with Gasteiger partial charge in [-0.05, 0) is 40.9 Å². The third-order valence-electron chi connectivity index (χ3n) is 3.25. The van der Waals surface area contributed by atoms with Gasteiger partial charge in [0.05, 0.1) is 6.10 Å². The van der Waals surface area contributed by atoms with Crippen LogP contribution in [0.4, 0.5) is 5.88 Å². The standard InChI is InChI=1S/C13H12BrN3O3/c14-11-2-1-10(19-11)12-16-9(7-15)13(20-12)17-5-3-8(18)4-6-17/h1-2,8,18H,3-6H2. The number of aliphatic hydroxyl groups excluding tert-OH is 1. The van der Waals surface area contributed by atoms with Gasteiger partial charge in [-0.1, -0.05) is 0 Å². The Kier molecular flexibility index (Phi) is 3.51. The van der Waals surface area contributed by atoms with Crippen molar-refractivity contribution in [2.75, 3.05) is 18.0 Å². The zero-order valence-corrected chi connectivity index (χ0v) is 12.1. The molecule has 0 radical (unpaired) electrons. The molecule has 1 fully saturated rings. The summed E-state index contributed by atoms with van der Waals surface area (Å²) in [6.07, 6.45) is 1.04. The van der Waals surface area contributed by atoms with Crippen molar-refractivity contribution in [2.45, 2.75) is 18.9 Å². The van der Waals surface area contributed by atoms with E-state index < -0.39 is 0 Å². The summed E-state index contributed by atoms with van der Waals surface area (Å²) in [5.74, 6) is 1.20. The molecule has 1 aliphatic heterocycles. The third-order valence-corrected chi connectivity index (χ3v) is 3.68. The number of nitriles is 1. The van der Waals surface area contributed by atoms with Gasteiger partial charge in [-0.15, -0.1) is 0 Å². The van der Waals surface area contributed by atoms with Gasteiger partial charge in [-0.2, -0.15) is 10.2 Å². The zero-order valence-electron chi connectivity index (χ0n) is 10.5. The summed E-state index contributed by atoms with van der Waals surface area (Å²) in [4.78, 5) is 6.09. The maximum atomic E-state index is 9.53. The van der Waals surface area contributed by atoms with Gasteiger partial charge in [0.1, 0.15) is 6.07 Å². The quantitative estimate of drug-likeness (QED) is 0.906. The van der Waals surface area contributed by atoms with Gasteiger partial charge < -0.3 is 18.8 Å². The van der Waals surface area contributed by atoms with Gasteiger partial charge in [0.2, 0.25) is 11.6 Å². The van der Waals surface area contributed by atoms with E-state index in [4.69, 9.17) is 8.83 Å². The average molecular weight is 338 g/mol. The zero-order chi connectivity index (χ0) is 14.1. The Hall–Kier alpha value is -1.78. The Balaban J connectivity index is 1.91. The molecular weight excluding hydrogens is 326 g/mol. The number of aliphatic hydroxyl groups is 1. The number of nitrogens with zero attached hydrogens (tertiary/aromatic N) is 3. The predicted octanol–water partition coefficient (Wildman–Crippen LogP) is 2.53. The molecule has 0 amide bonds. The average Bonchev–Trinajstić information content (AvgIpc) is 3.05. The Bertz CT molecular complexity index is 650. The summed E-state index contributed by atoms with van der Waals surface area (Å²) >= 11 is 3.22. The van der Waals surface area contributed by atoms with Crippen LogP contribution in [0.15, 0.2) is 25.6 Å². The lowest BCUT2D eigenvalue weighted by molar-refractivity contribution is 0.144. The Labute approximate surface area is 123 Å². The largest absolute Gasteiger partial charge is 0.444 e. The van der Waals surface area contributed by atoms with Gasteiger partial charge in [-0.25, -0.2) is 0 Å². The number of hydrogen-bond acceptors (Lipinski definition) is 6. The van der Waals surface area contributed by atoms with E-state index in [-0.39, 0.29) is 17.7 Å². The van der Waals surface area contributed by atoms with E-state index in [0.717, 1.165) is 0 Å².